The number of fused-ring (bicyclic) bond motifs is 1. The summed E-state index contributed by atoms with van der Waals surface area (Å²) in [6.45, 7) is 2.40. The maximum Gasteiger partial charge on any atom is 0.259 e. The molecule has 0 saturated carbocycles. The molecule has 1 heterocycles. The summed E-state index contributed by atoms with van der Waals surface area (Å²) in [6, 6.07) is 22.0. The van der Waals surface area contributed by atoms with Crippen molar-refractivity contribution in [3.05, 3.63) is 95.1 Å². The van der Waals surface area contributed by atoms with Crippen molar-refractivity contribution >= 4 is 17.5 Å². The highest BCUT2D eigenvalue weighted by Crippen LogP contribution is 2.37. The number of nitrogens with one attached hydrogen (secondary N) is 1. The lowest BCUT2D eigenvalue weighted by atomic mass is 10.0. The average molecular weight is 400 g/mol. The molecule has 0 spiro atoms. The molecule has 0 aliphatic carbocycles. The summed E-state index contributed by atoms with van der Waals surface area (Å²) in [5.41, 5.74) is 4.06. The number of amides is 2. The molecule has 1 aliphatic rings. The quantitative estimate of drug-likeness (QED) is 0.672. The first-order valence-electron chi connectivity index (χ1n) is 10.0. The zero-order valence-electron chi connectivity index (χ0n) is 17.1. The first-order chi connectivity index (χ1) is 14.6. The monoisotopic (exact) mass is 400 g/mol. The lowest BCUT2D eigenvalue weighted by Gasteiger charge is -2.25. The van der Waals surface area contributed by atoms with Crippen molar-refractivity contribution in [1.82, 2.24) is 5.32 Å². The van der Waals surface area contributed by atoms with E-state index < -0.39 is 6.04 Å². The molecule has 5 heteroatoms. The van der Waals surface area contributed by atoms with E-state index >= 15 is 0 Å². The van der Waals surface area contributed by atoms with Gasteiger partial charge in [-0.3, -0.25) is 14.5 Å². The average Bonchev–Trinajstić information content (AvgIpc) is 3.10. The van der Waals surface area contributed by atoms with Crippen molar-refractivity contribution in [1.29, 1.82) is 0 Å². The van der Waals surface area contributed by atoms with Crippen molar-refractivity contribution in [3.8, 4) is 5.75 Å². The molecule has 1 unspecified atom stereocenters. The van der Waals surface area contributed by atoms with Gasteiger partial charge in [0.25, 0.3) is 5.91 Å². The molecule has 5 nitrogen and oxygen atoms in total. The molecule has 3 aromatic carbocycles. The number of para-hydroxylation sites is 1. The van der Waals surface area contributed by atoms with Gasteiger partial charge < -0.3 is 10.1 Å². The third kappa shape index (κ3) is 3.54. The molecule has 152 valence electrons. The molecule has 1 N–H and O–H groups in total. The van der Waals surface area contributed by atoms with E-state index in [1.807, 2.05) is 66.7 Å². The number of rotatable bonds is 6. The minimum atomic E-state index is -0.712. The Labute approximate surface area is 176 Å². The Bertz CT molecular complexity index is 1080. The molecule has 1 atom stereocenters. The fourth-order valence-electron chi connectivity index (χ4n) is 3.86. The van der Waals surface area contributed by atoms with Crippen molar-refractivity contribution in [2.24, 2.45) is 0 Å². The van der Waals surface area contributed by atoms with Crippen LogP contribution in [0.25, 0.3) is 0 Å². The summed E-state index contributed by atoms with van der Waals surface area (Å²) in [5, 5.41) is 2.99. The Morgan fingerprint density at radius 3 is 2.43 bits per heavy atom. The van der Waals surface area contributed by atoms with Crippen molar-refractivity contribution in [3.63, 3.8) is 0 Å². The van der Waals surface area contributed by atoms with Crippen LogP contribution in [0.2, 0.25) is 0 Å². The topological polar surface area (TPSA) is 58.6 Å². The number of benzene rings is 3. The molecule has 0 aromatic heterocycles. The van der Waals surface area contributed by atoms with Gasteiger partial charge in [0.05, 0.1) is 7.11 Å². The maximum absolute atomic E-state index is 13.3. The van der Waals surface area contributed by atoms with E-state index in [1.165, 1.54) is 5.56 Å². The minimum absolute atomic E-state index is 0.160. The number of methoxy groups -OCH3 is 1. The second-order valence-electron chi connectivity index (χ2n) is 7.21. The third-order valence-electron chi connectivity index (χ3n) is 5.48. The number of hydrogen-bond acceptors (Lipinski definition) is 3. The van der Waals surface area contributed by atoms with E-state index in [0.29, 0.717) is 23.5 Å². The minimum Gasteiger partial charge on any atom is -0.496 e. The van der Waals surface area contributed by atoms with Crippen LogP contribution >= 0.6 is 0 Å². The molecule has 30 heavy (non-hydrogen) atoms. The molecule has 0 radical (unpaired) electrons. The normalized spacial score (nSPS) is 15.1. The Balaban J connectivity index is 1.65. The van der Waals surface area contributed by atoms with Crippen LogP contribution < -0.4 is 15.0 Å². The van der Waals surface area contributed by atoms with Gasteiger partial charge in [-0.25, -0.2) is 0 Å². The zero-order chi connectivity index (χ0) is 21.1. The Hall–Kier alpha value is -3.60. The molecule has 4 rings (SSSR count). The number of carbonyl (C=O) groups excluding carboxylic acids is 2. The van der Waals surface area contributed by atoms with E-state index in [9.17, 15) is 9.59 Å². The van der Waals surface area contributed by atoms with Gasteiger partial charge in [0.2, 0.25) is 5.91 Å². The number of aryl methyl sites for hydroxylation is 1. The molecule has 0 fully saturated rings. The van der Waals surface area contributed by atoms with Gasteiger partial charge >= 0.3 is 0 Å². The third-order valence-corrected chi connectivity index (χ3v) is 5.48. The number of anilines is 1. The van der Waals surface area contributed by atoms with E-state index in [4.69, 9.17) is 4.74 Å². The van der Waals surface area contributed by atoms with Crippen LogP contribution in [0.5, 0.6) is 5.75 Å². The highest BCUT2D eigenvalue weighted by molar-refractivity contribution is 6.15. The number of carbonyl (C=O) groups is 2. The second-order valence-corrected chi connectivity index (χ2v) is 7.21. The van der Waals surface area contributed by atoms with Gasteiger partial charge in [0, 0.05) is 23.4 Å². The van der Waals surface area contributed by atoms with Gasteiger partial charge in [0.15, 0.2) is 0 Å². The summed E-state index contributed by atoms with van der Waals surface area (Å²) < 4.78 is 5.37. The predicted octanol–water partition coefficient (Wildman–Crippen LogP) is 4.28. The van der Waals surface area contributed by atoms with Gasteiger partial charge in [-0.1, -0.05) is 55.5 Å². The van der Waals surface area contributed by atoms with E-state index in [-0.39, 0.29) is 11.8 Å². The lowest BCUT2D eigenvalue weighted by molar-refractivity contribution is -0.122. The van der Waals surface area contributed by atoms with Gasteiger partial charge in [0.1, 0.15) is 11.8 Å². The molecular formula is C25H24N2O3. The Kier molecular flexibility index (Phi) is 5.53. The predicted molar refractivity (Wildman–Crippen MR) is 117 cm³/mol. The number of ether oxygens (including phenoxy) is 1. The Morgan fingerprint density at radius 2 is 1.70 bits per heavy atom. The highest BCUT2D eigenvalue weighted by atomic mass is 16.5. The smallest absolute Gasteiger partial charge is 0.259 e. The lowest BCUT2D eigenvalue weighted by Crippen LogP contribution is -2.39. The summed E-state index contributed by atoms with van der Waals surface area (Å²) in [7, 11) is 1.61. The molecule has 2 amide bonds. The van der Waals surface area contributed by atoms with E-state index in [2.05, 4.69) is 12.2 Å². The van der Waals surface area contributed by atoms with Crippen LogP contribution in [0.1, 0.15) is 40.0 Å². The fraction of sp³-hybridized carbons (Fsp3) is 0.200. The number of hydrogen-bond donors (Lipinski definition) is 1. The second kappa shape index (κ2) is 8.41. The summed E-state index contributed by atoms with van der Waals surface area (Å²) in [4.78, 5) is 28.0. The molecule has 0 bridgehead atoms. The standard InChI is InChI=1S/C25H24N2O3/c1-3-17-12-14-19(15-13-17)27-23(20-9-5-6-10-21(20)25(27)29)24(28)26-16-18-8-4-7-11-22(18)30-2/h4-15,23H,3,16H2,1-2H3,(H,26,28). The zero-order valence-corrected chi connectivity index (χ0v) is 17.1. The number of nitrogens with zero attached hydrogens (tertiary/aromatic N) is 1. The van der Waals surface area contributed by atoms with Crippen LogP contribution in [-0.4, -0.2) is 18.9 Å². The fourth-order valence-corrected chi connectivity index (χ4v) is 3.86. The van der Waals surface area contributed by atoms with Crippen LogP contribution in [0.15, 0.2) is 72.8 Å². The van der Waals surface area contributed by atoms with E-state index in [1.54, 1.807) is 18.1 Å². The summed E-state index contributed by atoms with van der Waals surface area (Å²) in [5.74, 6) is 0.332. The van der Waals surface area contributed by atoms with Gasteiger partial charge in [-0.05, 0) is 41.8 Å². The van der Waals surface area contributed by atoms with Crippen LogP contribution in [0.3, 0.4) is 0 Å². The highest BCUT2D eigenvalue weighted by Gasteiger charge is 2.41. The largest absolute Gasteiger partial charge is 0.496 e. The SMILES string of the molecule is CCc1ccc(N2C(=O)c3ccccc3C2C(=O)NCc2ccccc2OC)cc1. The van der Waals surface area contributed by atoms with E-state index in [0.717, 1.165) is 17.5 Å². The van der Waals surface area contributed by atoms with Gasteiger partial charge in [-0.2, -0.15) is 0 Å². The van der Waals surface area contributed by atoms with Crippen molar-refractivity contribution in [2.45, 2.75) is 25.9 Å². The van der Waals surface area contributed by atoms with Crippen LogP contribution in [0.4, 0.5) is 5.69 Å². The first-order valence-corrected chi connectivity index (χ1v) is 10.0. The molecular weight excluding hydrogens is 376 g/mol. The summed E-state index contributed by atoms with van der Waals surface area (Å²) >= 11 is 0. The first kappa shape index (κ1) is 19.7. The Morgan fingerprint density at radius 1 is 1.00 bits per heavy atom. The molecule has 3 aromatic rings. The molecule has 0 saturated heterocycles. The summed E-state index contributed by atoms with van der Waals surface area (Å²) in [6.07, 6.45) is 0.914. The van der Waals surface area contributed by atoms with Gasteiger partial charge in [-0.15, -0.1) is 0 Å². The molecule has 1 aliphatic heterocycles. The van der Waals surface area contributed by atoms with Crippen LogP contribution in [0, 0.1) is 0 Å². The van der Waals surface area contributed by atoms with Crippen molar-refractivity contribution < 1.29 is 14.3 Å². The van der Waals surface area contributed by atoms with Crippen molar-refractivity contribution in [2.75, 3.05) is 12.0 Å². The van der Waals surface area contributed by atoms with Crippen LogP contribution in [-0.2, 0) is 17.8 Å². The maximum atomic E-state index is 13.3.